The predicted octanol–water partition coefficient (Wildman–Crippen LogP) is 3.59. The Morgan fingerprint density at radius 1 is 1.24 bits per heavy atom. The largest absolute Gasteiger partial charge is 0.465 e. The zero-order valence-corrected chi connectivity index (χ0v) is 16.5. The Hall–Kier alpha value is -1.32. The van der Waals surface area contributed by atoms with E-state index in [-0.39, 0.29) is 11.7 Å². The van der Waals surface area contributed by atoms with Crippen molar-refractivity contribution < 1.29 is 9.53 Å². The number of fused-ring (bicyclic) bond motifs is 5. The lowest BCUT2D eigenvalue weighted by Gasteiger charge is -2.07. The van der Waals surface area contributed by atoms with Crippen molar-refractivity contribution in [3.63, 3.8) is 0 Å². The van der Waals surface area contributed by atoms with Gasteiger partial charge in [0.25, 0.3) is 0 Å². The van der Waals surface area contributed by atoms with Gasteiger partial charge >= 0.3 is 5.97 Å². The molecule has 132 valence electrons. The molecule has 0 saturated carbocycles. The number of carbonyl (C=O) groups is 1. The van der Waals surface area contributed by atoms with Crippen LogP contribution in [0.15, 0.2) is 10.3 Å². The molecule has 4 rings (SSSR count). The van der Waals surface area contributed by atoms with Crippen LogP contribution in [0.4, 0.5) is 0 Å². The molecule has 3 aromatic rings. The minimum Gasteiger partial charge on any atom is -0.465 e. The Morgan fingerprint density at radius 3 is 2.92 bits per heavy atom. The first kappa shape index (κ1) is 17.1. The van der Waals surface area contributed by atoms with Gasteiger partial charge in [0.2, 0.25) is 0 Å². The van der Waals surface area contributed by atoms with Gasteiger partial charge in [-0.25, -0.2) is 9.38 Å². The van der Waals surface area contributed by atoms with E-state index in [0.717, 1.165) is 39.6 Å². The minimum atomic E-state index is -0.237. The summed E-state index contributed by atoms with van der Waals surface area (Å²) in [4.78, 5) is 19.1. The average Bonchev–Trinajstić information content (AvgIpc) is 3.27. The van der Waals surface area contributed by atoms with Gasteiger partial charge in [0.1, 0.15) is 4.83 Å². The highest BCUT2D eigenvalue weighted by Gasteiger charge is 2.24. The SMILES string of the molecule is CCOC(=O)CSc1nnc2c3c4c(sc3nc(SCC)n12)CCC4. The number of esters is 1. The number of aromatic nitrogens is 4. The summed E-state index contributed by atoms with van der Waals surface area (Å²) in [7, 11) is 0. The molecule has 0 N–H and O–H groups in total. The van der Waals surface area contributed by atoms with E-state index in [9.17, 15) is 4.79 Å². The molecular weight excluding hydrogens is 376 g/mol. The van der Waals surface area contributed by atoms with Gasteiger partial charge in [-0.2, -0.15) is 0 Å². The number of thiophene rings is 1. The maximum Gasteiger partial charge on any atom is 0.316 e. The third kappa shape index (κ3) is 3.02. The highest BCUT2D eigenvalue weighted by molar-refractivity contribution is 8.00. The third-order valence-electron chi connectivity index (χ3n) is 4.05. The predicted molar refractivity (Wildman–Crippen MR) is 102 cm³/mol. The van der Waals surface area contributed by atoms with Gasteiger partial charge in [0.15, 0.2) is 16.0 Å². The number of thioether (sulfide) groups is 2. The van der Waals surface area contributed by atoms with E-state index in [1.165, 1.54) is 28.6 Å². The normalized spacial score (nSPS) is 13.7. The van der Waals surface area contributed by atoms with E-state index in [0.29, 0.717) is 11.8 Å². The number of nitrogens with zero attached hydrogens (tertiary/aromatic N) is 4. The van der Waals surface area contributed by atoms with Crippen LogP contribution in [0.2, 0.25) is 0 Å². The molecule has 0 amide bonds. The van der Waals surface area contributed by atoms with Gasteiger partial charge in [-0.3, -0.25) is 4.79 Å². The summed E-state index contributed by atoms with van der Waals surface area (Å²) in [6.07, 6.45) is 3.43. The number of carbonyl (C=O) groups excluding carboxylic acids is 1. The maximum absolute atomic E-state index is 11.7. The number of aryl methyl sites for hydroxylation is 2. The minimum absolute atomic E-state index is 0.227. The van der Waals surface area contributed by atoms with Crippen LogP contribution in [-0.2, 0) is 22.4 Å². The fourth-order valence-electron chi connectivity index (χ4n) is 3.09. The molecule has 0 saturated heterocycles. The second-order valence-electron chi connectivity index (χ2n) is 5.60. The number of ether oxygens (including phenoxy) is 1. The fourth-order valence-corrected chi connectivity index (χ4v) is 5.90. The maximum atomic E-state index is 11.7. The van der Waals surface area contributed by atoms with Crippen molar-refractivity contribution in [3.05, 3.63) is 10.4 Å². The molecule has 3 aromatic heterocycles. The van der Waals surface area contributed by atoms with E-state index < -0.39 is 0 Å². The molecule has 0 bridgehead atoms. The lowest BCUT2D eigenvalue weighted by molar-refractivity contribution is -0.139. The summed E-state index contributed by atoms with van der Waals surface area (Å²) in [5, 5.41) is 11.5. The van der Waals surface area contributed by atoms with E-state index in [1.54, 1.807) is 23.1 Å². The van der Waals surface area contributed by atoms with Gasteiger partial charge in [-0.05, 0) is 37.5 Å². The topological polar surface area (TPSA) is 69.4 Å². The first-order chi connectivity index (χ1) is 12.2. The molecule has 1 aliphatic carbocycles. The highest BCUT2D eigenvalue weighted by Crippen LogP contribution is 2.40. The van der Waals surface area contributed by atoms with Crippen molar-refractivity contribution in [1.82, 2.24) is 19.6 Å². The standard InChI is InChI=1S/C16H18N4O2S3/c1-3-22-11(21)8-24-16-19-18-13-12-9-6-5-7-10(9)25-14(12)17-15(20(13)16)23-4-2/h3-8H2,1-2H3. The molecule has 0 unspecified atom stereocenters. The van der Waals surface area contributed by atoms with Crippen molar-refractivity contribution in [2.24, 2.45) is 0 Å². The van der Waals surface area contributed by atoms with E-state index in [2.05, 4.69) is 17.1 Å². The van der Waals surface area contributed by atoms with Crippen molar-refractivity contribution >= 4 is 56.7 Å². The molecule has 3 heterocycles. The Morgan fingerprint density at radius 2 is 2.12 bits per heavy atom. The quantitative estimate of drug-likeness (QED) is 0.359. The first-order valence-corrected chi connectivity index (χ1v) is 11.1. The van der Waals surface area contributed by atoms with Crippen molar-refractivity contribution in [2.45, 2.75) is 43.4 Å². The lowest BCUT2D eigenvalue weighted by atomic mass is 10.2. The Bertz CT molecular complexity index is 950. The second-order valence-corrected chi connectivity index (χ2v) is 8.86. The van der Waals surface area contributed by atoms with Crippen LogP contribution in [0.5, 0.6) is 0 Å². The molecule has 0 radical (unpaired) electrons. The Kier molecular flexibility index (Phi) is 4.88. The smallest absolute Gasteiger partial charge is 0.316 e. The molecule has 6 nitrogen and oxygen atoms in total. The second kappa shape index (κ2) is 7.13. The summed E-state index contributed by atoms with van der Waals surface area (Å²) in [6, 6.07) is 0. The molecular formula is C16H18N4O2S3. The van der Waals surface area contributed by atoms with Crippen molar-refractivity contribution in [1.29, 1.82) is 0 Å². The number of hydrogen-bond donors (Lipinski definition) is 0. The molecule has 0 aromatic carbocycles. The first-order valence-electron chi connectivity index (χ1n) is 8.33. The summed E-state index contributed by atoms with van der Waals surface area (Å²) in [5.41, 5.74) is 2.26. The van der Waals surface area contributed by atoms with E-state index in [4.69, 9.17) is 9.72 Å². The molecule has 0 spiro atoms. The van der Waals surface area contributed by atoms with Gasteiger partial charge in [0, 0.05) is 4.88 Å². The summed E-state index contributed by atoms with van der Waals surface area (Å²) >= 11 is 4.82. The van der Waals surface area contributed by atoms with Crippen molar-refractivity contribution in [2.75, 3.05) is 18.1 Å². The molecule has 0 atom stereocenters. The monoisotopic (exact) mass is 394 g/mol. The Labute approximate surface area is 157 Å². The fraction of sp³-hybridized carbons (Fsp3) is 0.500. The van der Waals surface area contributed by atoms with Crippen LogP contribution in [0.1, 0.15) is 30.7 Å². The van der Waals surface area contributed by atoms with Gasteiger partial charge in [0.05, 0.1) is 17.7 Å². The van der Waals surface area contributed by atoms with E-state index in [1.807, 2.05) is 11.3 Å². The number of hydrogen-bond acceptors (Lipinski definition) is 8. The zero-order chi connectivity index (χ0) is 17.4. The molecule has 25 heavy (non-hydrogen) atoms. The number of rotatable bonds is 6. The summed E-state index contributed by atoms with van der Waals surface area (Å²) in [6.45, 7) is 4.30. The van der Waals surface area contributed by atoms with Gasteiger partial charge in [-0.1, -0.05) is 30.4 Å². The Balaban J connectivity index is 1.82. The average molecular weight is 395 g/mol. The van der Waals surface area contributed by atoms with Crippen LogP contribution in [-0.4, -0.2) is 43.7 Å². The molecule has 9 heteroatoms. The third-order valence-corrected chi connectivity index (χ3v) is 6.95. The molecule has 1 aliphatic rings. The highest BCUT2D eigenvalue weighted by atomic mass is 32.2. The van der Waals surface area contributed by atoms with Gasteiger partial charge in [-0.15, -0.1) is 21.5 Å². The molecule has 0 aliphatic heterocycles. The van der Waals surface area contributed by atoms with Gasteiger partial charge < -0.3 is 4.74 Å². The van der Waals surface area contributed by atoms with Crippen LogP contribution in [0.25, 0.3) is 15.9 Å². The van der Waals surface area contributed by atoms with Crippen LogP contribution in [0.3, 0.4) is 0 Å². The zero-order valence-electron chi connectivity index (χ0n) is 14.1. The van der Waals surface area contributed by atoms with Crippen LogP contribution < -0.4 is 0 Å². The van der Waals surface area contributed by atoms with Crippen LogP contribution in [0, 0.1) is 0 Å². The van der Waals surface area contributed by atoms with Crippen molar-refractivity contribution in [3.8, 4) is 0 Å². The summed E-state index contributed by atoms with van der Waals surface area (Å²) in [5.74, 6) is 0.906. The van der Waals surface area contributed by atoms with Crippen LogP contribution >= 0.6 is 34.9 Å². The summed E-state index contributed by atoms with van der Waals surface area (Å²) < 4.78 is 7.02. The van der Waals surface area contributed by atoms with E-state index >= 15 is 0 Å². The molecule has 0 fully saturated rings. The lowest BCUT2D eigenvalue weighted by Crippen LogP contribution is -2.07.